The average Bonchev–Trinajstić information content (AvgIpc) is 1.99. The minimum atomic E-state index is -1.39. The van der Waals surface area contributed by atoms with Crippen molar-refractivity contribution in [2.75, 3.05) is 6.61 Å². The molecule has 0 spiro atoms. The molecule has 0 aromatic rings. The summed E-state index contributed by atoms with van der Waals surface area (Å²) in [6, 6.07) is 0. The van der Waals surface area contributed by atoms with Gasteiger partial charge in [-0.2, -0.15) is 5.26 Å². The Morgan fingerprint density at radius 2 is 2.27 bits per heavy atom. The van der Waals surface area contributed by atoms with E-state index in [4.69, 9.17) is 14.9 Å². The van der Waals surface area contributed by atoms with Crippen molar-refractivity contribution in [3.8, 4) is 6.26 Å². The minimum Gasteiger partial charge on any atom is -0.442 e. The predicted octanol–water partition coefficient (Wildman–Crippen LogP) is 0.668. The van der Waals surface area contributed by atoms with Crippen LogP contribution in [0.4, 0.5) is 0 Å². The number of hydrogen-bond acceptors (Lipinski definition) is 4. The Bertz CT molecular complexity index is 125. The molecule has 5 heteroatoms. The van der Waals surface area contributed by atoms with E-state index in [1.807, 2.05) is 0 Å². The van der Waals surface area contributed by atoms with E-state index in [1.165, 1.54) is 6.26 Å². The standard InChI is InChI=1S/C6H12BNO3/c1-2-3-4-5-10-7(9)11-6-8/h9H,2-5H2,1H3. The maximum Gasteiger partial charge on any atom is 0.720 e. The van der Waals surface area contributed by atoms with Gasteiger partial charge in [0.25, 0.3) is 6.26 Å². The van der Waals surface area contributed by atoms with Crippen molar-refractivity contribution in [1.29, 1.82) is 5.26 Å². The fourth-order valence-corrected chi connectivity index (χ4v) is 0.615. The SMILES string of the molecule is CCCCCOB(O)OC#N. The Morgan fingerprint density at radius 1 is 1.55 bits per heavy atom. The summed E-state index contributed by atoms with van der Waals surface area (Å²) in [5.41, 5.74) is 0. The molecule has 11 heavy (non-hydrogen) atoms. The second-order valence-corrected chi connectivity index (χ2v) is 2.09. The van der Waals surface area contributed by atoms with Gasteiger partial charge in [-0.3, -0.25) is 0 Å². The Kier molecular flexibility index (Phi) is 6.90. The minimum absolute atomic E-state index is 0.427. The Balaban J connectivity index is 3.05. The lowest BCUT2D eigenvalue weighted by atomic mass is 10.2. The van der Waals surface area contributed by atoms with Crippen LogP contribution in [0.25, 0.3) is 0 Å². The maximum absolute atomic E-state index is 8.68. The number of rotatable bonds is 6. The van der Waals surface area contributed by atoms with Crippen LogP contribution in [0.3, 0.4) is 0 Å². The zero-order valence-corrected chi connectivity index (χ0v) is 6.62. The largest absolute Gasteiger partial charge is 0.720 e. The first-order valence-corrected chi connectivity index (χ1v) is 3.65. The summed E-state index contributed by atoms with van der Waals surface area (Å²) in [6.45, 7) is 2.50. The fraction of sp³-hybridized carbons (Fsp3) is 0.833. The summed E-state index contributed by atoms with van der Waals surface area (Å²) in [4.78, 5) is 0. The monoisotopic (exact) mass is 157 g/mol. The van der Waals surface area contributed by atoms with E-state index in [1.54, 1.807) is 0 Å². The molecule has 0 rings (SSSR count). The first kappa shape index (κ1) is 10.3. The molecule has 62 valence electrons. The van der Waals surface area contributed by atoms with Crippen LogP contribution >= 0.6 is 0 Å². The van der Waals surface area contributed by atoms with Crippen molar-refractivity contribution >= 4 is 7.32 Å². The molecular formula is C6H12BNO3. The zero-order chi connectivity index (χ0) is 8.53. The average molecular weight is 157 g/mol. The van der Waals surface area contributed by atoms with Crippen LogP contribution in [0.1, 0.15) is 26.2 Å². The normalized spacial score (nSPS) is 8.82. The van der Waals surface area contributed by atoms with E-state index in [9.17, 15) is 0 Å². The Hall–Kier alpha value is -0.725. The molecule has 0 aliphatic heterocycles. The molecule has 0 saturated heterocycles. The van der Waals surface area contributed by atoms with Gasteiger partial charge in [-0.05, 0) is 6.42 Å². The summed E-state index contributed by atoms with van der Waals surface area (Å²) >= 11 is 0. The van der Waals surface area contributed by atoms with E-state index in [-0.39, 0.29) is 0 Å². The van der Waals surface area contributed by atoms with E-state index in [2.05, 4.69) is 11.6 Å². The highest BCUT2D eigenvalue weighted by Crippen LogP contribution is 1.94. The molecule has 1 N–H and O–H groups in total. The van der Waals surface area contributed by atoms with E-state index >= 15 is 0 Å². The van der Waals surface area contributed by atoms with Crippen LogP contribution in [-0.4, -0.2) is 19.0 Å². The number of unbranched alkanes of at least 4 members (excludes halogenated alkanes) is 2. The van der Waals surface area contributed by atoms with Gasteiger partial charge in [-0.25, -0.2) is 0 Å². The third-order valence-corrected chi connectivity index (χ3v) is 1.16. The van der Waals surface area contributed by atoms with Crippen molar-refractivity contribution in [3.05, 3.63) is 0 Å². The third kappa shape index (κ3) is 7.17. The van der Waals surface area contributed by atoms with Crippen LogP contribution in [0.5, 0.6) is 0 Å². The molecule has 0 amide bonds. The highest BCUT2D eigenvalue weighted by Gasteiger charge is 2.15. The molecule has 0 aromatic heterocycles. The van der Waals surface area contributed by atoms with Crippen molar-refractivity contribution in [2.24, 2.45) is 0 Å². The fourth-order valence-electron chi connectivity index (χ4n) is 0.615. The Morgan fingerprint density at radius 3 is 2.82 bits per heavy atom. The molecule has 0 unspecified atom stereocenters. The first-order chi connectivity index (χ1) is 5.31. The van der Waals surface area contributed by atoms with E-state index in [0.29, 0.717) is 6.61 Å². The van der Waals surface area contributed by atoms with Crippen molar-refractivity contribution < 1.29 is 14.3 Å². The van der Waals surface area contributed by atoms with Crippen LogP contribution in [0, 0.1) is 11.5 Å². The van der Waals surface area contributed by atoms with E-state index < -0.39 is 7.32 Å². The van der Waals surface area contributed by atoms with Gasteiger partial charge in [-0.1, -0.05) is 19.8 Å². The smallest absolute Gasteiger partial charge is 0.442 e. The second kappa shape index (κ2) is 7.38. The van der Waals surface area contributed by atoms with Gasteiger partial charge in [0.15, 0.2) is 0 Å². The van der Waals surface area contributed by atoms with Crippen LogP contribution in [0.2, 0.25) is 0 Å². The third-order valence-electron chi connectivity index (χ3n) is 1.16. The molecule has 0 heterocycles. The van der Waals surface area contributed by atoms with Gasteiger partial charge >= 0.3 is 7.32 Å². The highest BCUT2D eigenvalue weighted by atomic mass is 16.7. The van der Waals surface area contributed by atoms with Crippen LogP contribution < -0.4 is 0 Å². The molecule has 0 radical (unpaired) electrons. The first-order valence-electron chi connectivity index (χ1n) is 3.65. The lowest BCUT2D eigenvalue weighted by molar-refractivity contribution is 0.178. The van der Waals surface area contributed by atoms with Gasteiger partial charge in [0, 0.05) is 6.61 Å². The summed E-state index contributed by atoms with van der Waals surface area (Å²) in [7, 11) is -1.39. The van der Waals surface area contributed by atoms with Gasteiger partial charge in [0.2, 0.25) is 0 Å². The number of nitriles is 1. The maximum atomic E-state index is 8.68. The van der Waals surface area contributed by atoms with Gasteiger partial charge in [0.05, 0.1) is 0 Å². The number of hydrogen-bond donors (Lipinski definition) is 1. The molecular weight excluding hydrogens is 145 g/mol. The van der Waals surface area contributed by atoms with E-state index in [0.717, 1.165) is 19.3 Å². The van der Waals surface area contributed by atoms with Crippen molar-refractivity contribution in [2.45, 2.75) is 26.2 Å². The molecule has 0 bridgehead atoms. The lowest BCUT2D eigenvalue weighted by Gasteiger charge is -2.02. The van der Waals surface area contributed by atoms with Crippen LogP contribution in [0.15, 0.2) is 0 Å². The van der Waals surface area contributed by atoms with Crippen molar-refractivity contribution in [3.63, 3.8) is 0 Å². The summed E-state index contributed by atoms with van der Waals surface area (Å²) in [5.74, 6) is 0. The number of nitrogens with zero attached hydrogens (tertiary/aromatic N) is 1. The topological polar surface area (TPSA) is 62.5 Å². The highest BCUT2D eigenvalue weighted by molar-refractivity contribution is 6.34. The van der Waals surface area contributed by atoms with Crippen LogP contribution in [-0.2, 0) is 9.31 Å². The zero-order valence-electron chi connectivity index (χ0n) is 6.62. The lowest BCUT2D eigenvalue weighted by Crippen LogP contribution is -2.20. The van der Waals surface area contributed by atoms with Crippen molar-refractivity contribution in [1.82, 2.24) is 0 Å². The molecule has 0 fully saturated rings. The molecule has 0 aromatic carbocycles. The van der Waals surface area contributed by atoms with Gasteiger partial charge in [0.1, 0.15) is 0 Å². The second-order valence-electron chi connectivity index (χ2n) is 2.09. The summed E-state index contributed by atoms with van der Waals surface area (Å²) in [5, 5.41) is 16.6. The molecule has 4 nitrogen and oxygen atoms in total. The summed E-state index contributed by atoms with van der Waals surface area (Å²) < 4.78 is 8.76. The predicted molar refractivity (Wildman–Crippen MR) is 40.1 cm³/mol. The van der Waals surface area contributed by atoms with Gasteiger partial charge < -0.3 is 14.3 Å². The Labute approximate surface area is 66.9 Å². The molecule has 0 atom stereocenters. The molecule has 0 aliphatic rings. The quantitative estimate of drug-likeness (QED) is 0.349. The van der Waals surface area contributed by atoms with Gasteiger partial charge in [-0.15, -0.1) is 0 Å². The molecule has 0 saturated carbocycles. The molecule has 0 aliphatic carbocycles. The summed E-state index contributed by atoms with van der Waals surface area (Å²) in [6.07, 6.45) is 4.36.